The normalized spacial score (nSPS) is 12.2. The highest BCUT2D eigenvalue weighted by molar-refractivity contribution is 5.97. The number of hydrogen-bond acceptors (Lipinski definition) is 4. The minimum Gasteiger partial charge on any atom is -0.507 e. The number of hydrogen-bond donors (Lipinski definition) is 3. The number of aryl methyl sites for hydroxylation is 2. The first kappa shape index (κ1) is 21.1. The Balaban J connectivity index is 2.04. The molecule has 0 aliphatic rings. The van der Waals surface area contributed by atoms with Gasteiger partial charge in [-0.2, -0.15) is 5.10 Å². The molecule has 2 aromatic carbocycles. The van der Waals surface area contributed by atoms with E-state index in [1.807, 2.05) is 0 Å². The third-order valence-corrected chi connectivity index (χ3v) is 4.24. The number of hydrazone groups is 1. The molecule has 0 saturated heterocycles. The molecule has 1 atom stereocenters. The molecule has 0 aromatic heterocycles. The molecule has 7 heteroatoms. The first-order valence-electron chi connectivity index (χ1n) is 8.88. The van der Waals surface area contributed by atoms with Crippen LogP contribution in [0.2, 0.25) is 0 Å². The van der Waals surface area contributed by atoms with Gasteiger partial charge in [0.05, 0.1) is 6.21 Å². The summed E-state index contributed by atoms with van der Waals surface area (Å²) in [4.78, 5) is 24.7. The lowest BCUT2D eigenvalue weighted by atomic mass is 10.0. The molecule has 2 rings (SSSR count). The Hall–Kier alpha value is -3.22. The van der Waals surface area contributed by atoms with Crippen molar-refractivity contribution >= 4 is 18.0 Å². The molecular weight excluding hydrogens is 361 g/mol. The third-order valence-electron chi connectivity index (χ3n) is 4.24. The van der Waals surface area contributed by atoms with E-state index >= 15 is 0 Å². The van der Waals surface area contributed by atoms with Crippen LogP contribution in [0.4, 0.5) is 4.39 Å². The van der Waals surface area contributed by atoms with E-state index in [9.17, 15) is 19.1 Å². The maximum Gasteiger partial charge on any atom is 0.262 e. The fourth-order valence-corrected chi connectivity index (χ4v) is 2.66. The van der Waals surface area contributed by atoms with E-state index in [-0.39, 0.29) is 17.2 Å². The van der Waals surface area contributed by atoms with Crippen LogP contribution in [0.3, 0.4) is 0 Å². The Labute approximate surface area is 163 Å². The summed E-state index contributed by atoms with van der Waals surface area (Å²) in [7, 11) is 0. The molecule has 6 nitrogen and oxygen atoms in total. The van der Waals surface area contributed by atoms with Crippen LogP contribution in [0.25, 0.3) is 0 Å². The Morgan fingerprint density at radius 3 is 2.21 bits per heavy atom. The zero-order chi connectivity index (χ0) is 20.8. The van der Waals surface area contributed by atoms with Gasteiger partial charge in [-0.15, -0.1) is 0 Å². The Kier molecular flexibility index (Phi) is 6.87. The van der Waals surface area contributed by atoms with Crippen molar-refractivity contribution in [2.75, 3.05) is 0 Å². The summed E-state index contributed by atoms with van der Waals surface area (Å²) in [6.45, 7) is 7.15. The van der Waals surface area contributed by atoms with Crippen molar-refractivity contribution in [3.63, 3.8) is 0 Å². The number of aromatic hydroxyl groups is 1. The molecule has 1 unspecified atom stereocenters. The second-order valence-electron chi connectivity index (χ2n) is 6.94. The molecule has 0 bridgehead atoms. The summed E-state index contributed by atoms with van der Waals surface area (Å²) in [5.74, 6) is -1.33. The lowest BCUT2D eigenvalue weighted by molar-refractivity contribution is -0.123. The Morgan fingerprint density at radius 2 is 1.68 bits per heavy atom. The number of carbonyl (C=O) groups excluding carboxylic acids is 2. The molecule has 148 valence electrons. The molecule has 0 fully saturated rings. The molecule has 28 heavy (non-hydrogen) atoms. The first-order valence-corrected chi connectivity index (χ1v) is 8.88. The molecule has 2 aromatic rings. The first-order chi connectivity index (χ1) is 13.2. The van der Waals surface area contributed by atoms with Crippen LogP contribution in [0.15, 0.2) is 41.5 Å². The number of halogens is 1. The minimum absolute atomic E-state index is 0.183. The zero-order valence-electron chi connectivity index (χ0n) is 16.3. The molecule has 0 heterocycles. The highest BCUT2D eigenvalue weighted by atomic mass is 19.1. The predicted octanol–water partition coefficient (Wildman–Crippen LogP) is 3.05. The summed E-state index contributed by atoms with van der Waals surface area (Å²) in [6.07, 6.45) is 1.47. The van der Waals surface area contributed by atoms with E-state index < -0.39 is 23.7 Å². The SMILES string of the molecule is Cc1cc(/C=N/NC(=O)C(NC(=O)c2ccc(F)cc2)C(C)C)cc(C)c1O. The van der Waals surface area contributed by atoms with Gasteiger partial charge < -0.3 is 10.4 Å². The maximum atomic E-state index is 13.0. The molecular formula is C21H24FN3O3. The van der Waals surface area contributed by atoms with Gasteiger partial charge in [0.15, 0.2) is 0 Å². The van der Waals surface area contributed by atoms with Gasteiger partial charge in [-0.25, -0.2) is 9.82 Å². The monoisotopic (exact) mass is 385 g/mol. The van der Waals surface area contributed by atoms with Crippen LogP contribution < -0.4 is 10.7 Å². The van der Waals surface area contributed by atoms with Crippen molar-refractivity contribution in [3.05, 3.63) is 64.5 Å². The van der Waals surface area contributed by atoms with Gasteiger partial charge in [-0.3, -0.25) is 9.59 Å². The number of nitrogens with one attached hydrogen (secondary N) is 2. The highest BCUT2D eigenvalue weighted by Crippen LogP contribution is 2.22. The lowest BCUT2D eigenvalue weighted by Gasteiger charge is -2.20. The fraction of sp³-hybridized carbons (Fsp3) is 0.286. The third kappa shape index (κ3) is 5.39. The quantitative estimate of drug-likeness (QED) is 0.527. The molecule has 0 radical (unpaired) electrons. The summed E-state index contributed by atoms with van der Waals surface area (Å²) < 4.78 is 13.0. The standard InChI is InChI=1S/C21H24FN3O3/c1-12(2)18(24-20(27)16-5-7-17(22)8-6-16)21(28)25-23-11-15-9-13(3)19(26)14(4)10-15/h5-12,18,26H,1-4H3,(H,24,27)(H,25,28)/b23-11+. The number of phenolic OH excluding ortho intramolecular Hbond substituents is 1. The van der Waals surface area contributed by atoms with E-state index in [2.05, 4.69) is 15.8 Å². The zero-order valence-corrected chi connectivity index (χ0v) is 16.3. The van der Waals surface area contributed by atoms with E-state index in [1.54, 1.807) is 39.8 Å². The van der Waals surface area contributed by atoms with Gasteiger partial charge >= 0.3 is 0 Å². The fourth-order valence-electron chi connectivity index (χ4n) is 2.66. The minimum atomic E-state index is -0.807. The summed E-state index contributed by atoms with van der Waals surface area (Å²) in [6, 6.07) is 7.76. The van der Waals surface area contributed by atoms with Crippen molar-refractivity contribution < 1.29 is 19.1 Å². The number of carbonyl (C=O) groups is 2. The van der Waals surface area contributed by atoms with Crippen molar-refractivity contribution in [1.29, 1.82) is 0 Å². The van der Waals surface area contributed by atoms with Crippen molar-refractivity contribution in [1.82, 2.24) is 10.7 Å². The second-order valence-corrected chi connectivity index (χ2v) is 6.94. The topological polar surface area (TPSA) is 90.8 Å². The molecule has 2 amide bonds. The van der Waals surface area contributed by atoms with Gasteiger partial charge in [0.1, 0.15) is 17.6 Å². The van der Waals surface area contributed by atoms with Crippen LogP contribution in [-0.4, -0.2) is 29.2 Å². The molecule has 0 spiro atoms. The van der Waals surface area contributed by atoms with Gasteiger partial charge in [0.2, 0.25) is 0 Å². The summed E-state index contributed by atoms with van der Waals surface area (Å²) in [5.41, 5.74) is 4.83. The van der Waals surface area contributed by atoms with Crippen LogP contribution in [-0.2, 0) is 4.79 Å². The van der Waals surface area contributed by atoms with Crippen molar-refractivity contribution in [3.8, 4) is 5.75 Å². The highest BCUT2D eigenvalue weighted by Gasteiger charge is 2.24. The molecule has 0 aliphatic carbocycles. The number of nitrogens with zero attached hydrogens (tertiary/aromatic N) is 1. The summed E-state index contributed by atoms with van der Waals surface area (Å²) >= 11 is 0. The predicted molar refractivity (Wildman–Crippen MR) is 106 cm³/mol. The van der Waals surface area contributed by atoms with Gasteiger partial charge in [-0.05, 0) is 72.9 Å². The number of phenols is 1. The number of rotatable bonds is 6. The van der Waals surface area contributed by atoms with Crippen molar-refractivity contribution in [2.24, 2.45) is 11.0 Å². The smallest absolute Gasteiger partial charge is 0.262 e. The van der Waals surface area contributed by atoms with Gasteiger partial charge in [0.25, 0.3) is 11.8 Å². The van der Waals surface area contributed by atoms with Gasteiger partial charge in [0, 0.05) is 5.56 Å². The lowest BCUT2D eigenvalue weighted by Crippen LogP contribution is -2.48. The van der Waals surface area contributed by atoms with Crippen LogP contribution in [0.1, 0.15) is 40.9 Å². The average molecular weight is 385 g/mol. The Bertz CT molecular complexity index is 869. The maximum absolute atomic E-state index is 13.0. The largest absolute Gasteiger partial charge is 0.507 e. The Morgan fingerprint density at radius 1 is 1.11 bits per heavy atom. The van der Waals surface area contributed by atoms with Crippen LogP contribution in [0.5, 0.6) is 5.75 Å². The molecule has 3 N–H and O–H groups in total. The van der Waals surface area contributed by atoms with Gasteiger partial charge in [-0.1, -0.05) is 13.8 Å². The number of benzene rings is 2. The van der Waals surface area contributed by atoms with Crippen molar-refractivity contribution in [2.45, 2.75) is 33.7 Å². The van der Waals surface area contributed by atoms with E-state index in [0.717, 1.165) is 5.56 Å². The number of amides is 2. The second kappa shape index (κ2) is 9.12. The summed E-state index contributed by atoms with van der Waals surface area (Å²) in [5, 5.41) is 16.4. The average Bonchev–Trinajstić information content (AvgIpc) is 2.64. The van der Waals surface area contributed by atoms with E-state index in [0.29, 0.717) is 11.1 Å². The van der Waals surface area contributed by atoms with Crippen LogP contribution in [0, 0.1) is 25.6 Å². The molecule has 0 saturated carbocycles. The van der Waals surface area contributed by atoms with E-state index in [4.69, 9.17) is 0 Å². The molecule has 0 aliphatic heterocycles. The van der Waals surface area contributed by atoms with E-state index in [1.165, 1.54) is 30.5 Å². The van der Waals surface area contributed by atoms with Crippen LogP contribution >= 0.6 is 0 Å².